The number of nitrogens with zero attached hydrogens (tertiary/aromatic N) is 1. The number of aromatic amines is 1. The van der Waals surface area contributed by atoms with Crippen molar-refractivity contribution in [1.82, 2.24) is 15.3 Å². The zero-order valence-electron chi connectivity index (χ0n) is 11.9. The van der Waals surface area contributed by atoms with Crippen LogP contribution in [0.1, 0.15) is 23.1 Å². The van der Waals surface area contributed by atoms with E-state index in [1.54, 1.807) is 18.3 Å². The van der Waals surface area contributed by atoms with Gasteiger partial charge in [0.05, 0.1) is 18.0 Å². The van der Waals surface area contributed by atoms with Gasteiger partial charge in [-0.05, 0) is 24.8 Å². The van der Waals surface area contributed by atoms with Crippen LogP contribution < -0.4 is 10.9 Å². The Kier molecular flexibility index (Phi) is 5.58. The van der Waals surface area contributed by atoms with Crippen LogP contribution in [0.5, 0.6) is 0 Å². The predicted octanol–water partition coefficient (Wildman–Crippen LogP) is 2.11. The summed E-state index contributed by atoms with van der Waals surface area (Å²) in [5.41, 5.74) is 1.28. The van der Waals surface area contributed by atoms with Gasteiger partial charge in [-0.1, -0.05) is 24.8 Å². The number of thiophene rings is 1. The molecule has 2 rings (SSSR count). The van der Waals surface area contributed by atoms with Crippen molar-refractivity contribution in [2.24, 2.45) is 0 Å². The smallest absolute Gasteiger partial charge is 0.254 e. The lowest BCUT2D eigenvalue weighted by atomic mass is 10.2. The van der Waals surface area contributed by atoms with Crippen LogP contribution in [0.25, 0.3) is 0 Å². The van der Waals surface area contributed by atoms with Gasteiger partial charge >= 0.3 is 0 Å². The third-order valence-electron chi connectivity index (χ3n) is 2.95. The van der Waals surface area contributed by atoms with Gasteiger partial charge in [0.25, 0.3) is 5.56 Å². The highest BCUT2D eigenvalue weighted by Crippen LogP contribution is 2.13. The minimum Gasteiger partial charge on any atom is -0.350 e. The van der Waals surface area contributed by atoms with Crippen molar-refractivity contribution in [2.75, 3.05) is 5.75 Å². The van der Waals surface area contributed by atoms with Crippen molar-refractivity contribution in [3.05, 3.63) is 44.0 Å². The summed E-state index contributed by atoms with van der Waals surface area (Å²) in [4.78, 5) is 31.7. The van der Waals surface area contributed by atoms with Gasteiger partial charge in [-0.15, -0.1) is 11.3 Å². The number of carbonyl (C=O) groups is 1. The number of amides is 1. The topological polar surface area (TPSA) is 74.8 Å². The van der Waals surface area contributed by atoms with E-state index in [0.29, 0.717) is 23.7 Å². The fourth-order valence-corrected chi connectivity index (χ4v) is 3.11. The molecule has 7 heteroatoms. The highest BCUT2D eigenvalue weighted by atomic mass is 32.2. The Balaban J connectivity index is 1.89. The van der Waals surface area contributed by atoms with Gasteiger partial charge in [-0.25, -0.2) is 4.98 Å². The maximum absolute atomic E-state index is 11.8. The zero-order valence-corrected chi connectivity index (χ0v) is 13.6. The van der Waals surface area contributed by atoms with E-state index in [4.69, 9.17) is 0 Å². The van der Waals surface area contributed by atoms with E-state index in [1.165, 1.54) is 11.8 Å². The molecule has 0 aromatic carbocycles. The van der Waals surface area contributed by atoms with E-state index < -0.39 is 0 Å². The molecular formula is C14H17N3O2S2. The average Bonchev–Trinajstić information content (AvgIpc) is 2.99. The molecule has 112 valence electrons. The highest BCUT2D eigenvalue weighted by molar-refractivity contribution is 7.99. The molecule has 0 bridgehead atoms. The molecule has 0 aliphatic rings. The van der Waals surface area contributed by atoms with Crippen molar-refractivity contribution in [3.8, 4) is 0 Å². The maximum Gasteiger partial charge on any atom is 0.254 e. The number of carbonyl (C=O) groups excluding carboxylic acids is 1. The number of nitrogens with one attached hydrogen (secondary N) is 2. The fourth-order valence-electron chi connectivity index (χ4n) is 1.75. The molecule has 0 aliphatic carbocycles. The van der Waals surface area contributed by atoms with Crippen LogP contribution in [0.4, 0.5) is 0 Å². The number of hydrogen-bond acceptors (Lipinski definition) is 5. The molecular weight excluding hydrogens is 306 g/mol. The Morgan fingerprint density at radius 1 is 1.52 bits per heavy atom. The number of hydrogen-bond donors (Lipinski definition) is 2. The van der Waals surface area contributed by atoms with Gasteiger partial charge in [0.2, 0.25) is 5.91 Å². The van der Waals surface area contributed by atoms with Gasteiger partial charge in [0.1, 0.15) is 0 Å². The fraction of sp³-hybridized carbons (Fsp3) is 0.357. The Bertz CT molecular complexity index is 665. The first-order valence-electron chi connectivity index (χ1n) is 6.61. The van der Waals surface area contributed by atoms with Gasteiger partial charge in [-0.3, -0.25) is 9.59 Å². The van der Waals surface area contributed by atoms with Crippen LogP contribution in [-0.4, -0.2) is 21.6 Å². The molecule has 0 unspecified atom stereocenters. The number of H-pyrrole nitrogens is 1. The quantitative estimate of drug-likeness (QED) is 0.631. The highest BCUT2D eigenvalue weighted by Gasteiger charge is 2.09. The summed E-state index contributed by atoms with van der Waals surface area (Å²) >= 11 is 2.85. The van der Waals surface area contributed by atoms with Crippen molar-refractivity contribution >= 4 is 29.0 Å². The number of aromatic nitrogens is 2. The van der Waals surface area contributed by atoms with Gasteiger partial charge in [0.15, 0.2) is 5.16 Å². The SMILES string of the molecule is CCc1nc(SCC(=O)NCc2cccs2)[nH]c(=O)c1C. The van der Waals surface area contributed by atoms with Crippen molar-refractivity contribution in [2.45, 2.75) is 32.0 Å². The van der Waals surface area contributed by atoms with Crippen LogP contribution in [0.2, 0.25) is 0 Å². The third-order valence-corrected chi connectivity index (χ3v) is 4.69. The molecule has 0 saturated carbocycles. The van der Waals surface area contributed by atoms with E-state index in [9.17, 15) is 9.59 Å². The largest absolute Gasteiger partial charge is 0.350 e. The Morgan fingerprint density at radius 2 is 2.33 bits per heavy atom. The van der Waals surface area contributed by atoms with E-state index in [2.05, 4.69) is 15.3 Å². The number of rotatable bonds is 6. The monoisotopic (exact) mass is 323 g/mol. The first kappa shape index (κ1) is 15.8. The Morgan fingerprint density at radius 3 is 3.00 bits per heavy atom. The summed E-state index contributed by atoms with van der Waals surface area (Å²) in [5.74, 6) is 0.162. The van der Waals surface area contributed by atoms with E-state index in [0.717, 1.165) is 10.6 Å². The van der Waals surface area contributed by atoms with Crippen molar-refractivity contribution in [3.63, 3.8) is 0 Å². The van der Waals surface area contributed by atoms with Crippen LogP contribution >= 0.6 is 23.1 Å². The molecule has 21 heavy (non-hydrogen) atoms. The lowest BCUT2D eigenvalue weighted by Crippen LogP contribution is -2.24. The van der Waals surface area contributed by atoms with Crippen LogP contribution in [0.15, 0.2) is 27.5 Å². The standard InChI is InChI=1S/C14H17N3O2S2/c1-3-11-9(2)13(19)17-14(16-11)21-8-12(18)15-7-10-5-4-6-20-10/h4-6H,3,7-8H2,1-2H3,(H,15,18)(H,16,17,19). The molecule has 2 aromatic rings. The van der Waals surface area contributed by atoms with Gasteiger partial charge < -0.3 is 10.3 Å². The summed E-state index contributed by atoms with van der Waals surface area (Å²) in [6.07, 6.45) is 0.702. The summed E-state index contributed by atoms with van der Waals surface area (Å²) < 4.78 is 0. The Hall–Kier alpha value is -1.60. The second-order valence-corrected chi connectivity index (χ2v) is 6.44. The van der Waals surface area contributed by atoms with E-state index in [1.807, 2.05) is 24.4 Å². The molecule has 2 N–H and O–H groups in total. The molecule has 0 radical (unpaired) electrons. The number of thioether (sulfide) groups is 1. The van der Waals surface area contributed by atoms with Crippen LogP contribution in [-0.2, 0) is 17.8 Å². The van der Waals surface area contributed by atoms with E-state index >= 15 is 0 Å². The molecule has 0 spiro atoms. The van der Waals surface area contributed by atoms with Gasteiger partial charge in [-0.2, -0.15) is 0 Å². The molecule has 0 aliphatic heterocycles. The lowest BCUT2D eigenvalue weighted by molar-refractivity contribution is -0.118. The summed E-state index contributed by atoms with van der Waals surface area (Å²) in [6.45, 7) is 4.25. The first-order valence-corrected chi connectivity index (χ1v) is 8.48. The second-order valence-electron chi connectivity index (χ2n) is 4.44. The summed E-state index contributed by atoms with van der Waals surface area (Å²) in [7, 11) is 0. The van der Waals surface area contributed by atoms with Crippen LogP contribution in [0.3, 0.4) is 0 Å². The molecule has 2 heterocycles. The first-order chi connectivity index (χ1) is 10.1. The summed E-state index contributed by atoms with van der Waals surface area (Å²) in [5, 5.41) is 5.31. The Labute approximate surface area is 131 Å². The van der Waals surface area contributed by atoms with E-state index in [-0.39, 0.29) is 17.2 Å². The maximum atomic E-state index is 11.8. The average molecular weight is 323 g/mol. The molecule has 1 amide bonds. The van der Waals surface area contributed by atoms with Gasteiger partial charge in [0, 0.05) is 10.4 Å². The molecule has 0 saturated heterocycles. The normalized spacial score (nSPS) is 10.6. The van der Waals surface area contributed by atoms with Crippen molar-refractivity contribution < 1.29 is 4.79 Å². The molecule has 2 aromatic heterocycles. The zero-order chi connectivity index (χ0) is 15.2. The minimum absolute atomic E-state index is 0.0744. The minimum atomic E-state index is -0.136. The third kappa shape index (κ3) is 4.44. The molecule has 0 atom stereocenters. The number of aryl methyl sites for hydroxylation is 1. The predicted molar refractivity (Wildman–Crippen MR) is 85.9 cm³/mol. The van der Waals surface area contributed by atoms with Crippen LogP contribution in [0, 0.1) is 6.92 Å². The second kappa shape index (κ2) is 7.42. The van der Waals surface area contributed by atoms with Crippen molar-refractivity contribution in [1.29, 1.82) is 0 Å². The molecule has 5 nitrogen and oxygen atoms in total. The molecule has 0 fully saturated rings. The summed E-state index contributed by atoms with van der Waals surface area (Å²) in [6, 6.07) is 3.93. The lowest BCUT2D eigenvalue weighted by Gasteiger charge is -2.06.